The minimum absolute atomic E-state index is 0. The van der Waals surface area contributed by atoms with Crippen LogP contribution in [0.5, 0.6) is 0 Å². The van der Waals surface area contributed by atoms with E-state index in [-0.39, 0.29) is 24.1 Å². The molecule has 0 saturated carbocycles. The standard InChI is InChI=1S/C18H18FN3OS2.ClH/c1-21(2)9-10-22(17(23)8-6-14-4-3-11-24-14)18-20-15-7-5-13(19)12-16(15)25-18;/h3-8,11-12H,9-10H2,1-2H3;1H. The van der Waals surface area contributed by atoms with E-state index in [1.165, 1.54) is 23.5 Å². The van der Waals surface area contributed by atoms with E-state index in [1.807, 2.05) is 42.6 Å². The maximum absolute atomic E-state index is 13.4. The Kier molecular flexibility index (Phi) is 7.28. The molecule has 0 aliphatic heterocycles. The van der Waals surface area contributed by atoms with Crippen LogP contribution in [0.1, 0.15) is 4.88 Å². The molecular formula is C18H19ClFN3OS2. The molecule has 0 fully saturated rings. The Balaban J connectivity index is 0.00000243. The molecule has 0 radical (unpaired) electrons. The second kappa shape index (κ2) is 9.23. The average Bonchev–Trinajstić information content (AvgIpc) is 3.21. The molecule has 2 heterocycles. The molecule has 8 heteroatoms. The molecule has 1 amide bonds. The number of anilines is 1. The zero-order chi connectivity index (χ0) is 17.8. The molecule has 0 bridgehead atoms. The summed E-state index contributed by atoms with van der Waals surface area (Å²) in [6, 6.07) is 8.38. The summed E-state index contributed by atoms with van der Waals surface area (Å²) in [6.07, 6.45) is 3.37. The van der Waals surface area contributed by atoms with Crippen molar-refractivity contribution >= 4 is 62.4 Å². The second-order valence-corrected chi connectivity index (χ2v) is 7.74. The maximum Gasteiger partial charge on any atom is 0.252 e. The normalized spacial score (nSPS) is 11.2. The van der Waals surface area contributed by atoms with E-state index in [4.69, 9.17) is 0 Å². The summed E-state index contributed by atoms with van der Waals surface area (Å²) in [7, 11) is 3.91. The van der Waals surface area contributed by atoms with Crippen LogP contribution < -0.4 is 4.90 Å². The van der Waals surface area contributed by atoms with Crippen LogP contribution in [-0.4, -0.2) is 43.0 Å². The number of halogens is 2. The summed E-state index contributed by atoms with van der Waals surface area (Å²) in [4.78, 5) is 21.9. The van der Waals surface area contributed by atoms with Crippen molar-refractivity contribution in [2.24, 2.45) is 0 Å². The number of thiazole rings is 1. The first kappa shape index (κ1) is 20.5. The molecule has 3 rings (SSSR count). The predicted octanol–water partition coefficient (Wildman–Crippen LogP) is 4.53. The molecule has 4 nitrogen and oxygen atoms in total. The van der Waals surface area contributed by atoms with E-state index in [0.29, 0.717) is 23.7 Å². The zero-order valence-electron chi connectivity index (χ0n) is 14.4. The van der Waals surface area contributed by atoms with E-state index in [9.17, 15) is 9.18 Å². The lowest BCUT2D eigenvalue weighted by Crippen LogP contribution is -2.35. The van der Waals surface area contributed by atoms with Gasteiger partial charge in [-0.2, -0.15) is 0 Å². The number of thiophene rings is 1. The summed E-state index contributed by atoms with van der Waals surface area (Å²) < 4.78 is 14.2. The Hall–Kier alpha value is -1.80. The average molecular weight is 412 g/mol. The fourth-order valence-corrected chi connectivity index (χ4v) is 3.87. The summed E-state index contributed by atoms with van der Waals surface area (Å²) in [5, 5.41) is 2.55. The molecular weight excluding hydrogens is 393 g/mol. The minimum Gasteiger partial charge on any atom is -0.308 e. The van der Waals surface area contributed by atoms with E-state index < -0.39 is 0 Å². The van der Waals surface area contributed by atoms with E-state index in [1.54, 1.807) is 28.4 Å². The number of fused-ring (bicyclic) bond motifs is 1. The van der Waals surface area contributed by atoms with Gasteiger partial charge in [-0.05, 0) is 49.8 Å². The summed E-state index contributed by atoms with van der Waals surface area (Å²) in [6.45, 7) is 1.23. The number of carbonyl (C=O) groups excluding carboxylic acids is 1. The number of hydrogen-bond acceptors (Lipinski definition) is 5. The first-order chi connectivity index (χ1) is 12.0. The Labute approximate surface area is 166 Å². The molecule has 0 aliphatic rings. The van der Waals surface area contributed by atoms with Crippen LogP contribution in [0.3, 0.4) is 0 Å². The highest BCUT2D eigenvalue weighted by Gasteiger charge is 2.18. The van der Waals surface area contributed by atoms with Gasteiger partial charge in [-0.25, -0.2) is 9.37 Å². The van der Waals surface area contributed by atoms with Crippen molar-refractivity contribution in [3.63, 3.8) is 0 Å². The number of rotatable bonds is 6. The Bertz CT molecular complexity index is 893. The molecule has 2 aromatic heterocycles. The zero-order valence-corrected chi connectivity index (χ0v) is 16.8. The first-order valence-corrected chi connectivity index (χ1v) is 9.46. The van der Waals surface area contributed by atoms with Crippen molar-refractivity contribution in [1.29, 1.82) is 0 Å². The highest BCUT2D eigenvalue weighted by atomic mass is 35.5. The van der Waals surface area contributed by atoms with Gasteiger partial charge in [0.1, 0.15) is 5.82 Å². The van der Waals surface area contributed by atoms with Gasteiger partial charge in [0, 0.05) is 24.0 Å². The Morgan fingerprint density at radius 3 is 2.77 bits per heavy atom. The molecule has 0 aliphatic carbocycles. The third-order valence-electron chi connectivity index (χ3n) is 3.54. The molecule has 3 aromatic rings. The van der Waals surface area contributed by atoms with Gasteiger partial charge in [-0.15, -0.1) is 23.7 Å². The predicted molar refractivity (Wildman–Crippen MR) is 111 cm³/mol. The van der Waals surface area contributed by atoms with Crippen LogP contribution in [0.2, 0.25) is 0 Å². The third kappa shape index (κ3) is 5.11. The van der Waals surface area contributed by atoms with E-state index in [0.717, 1.165) is 9.58 Å². The van der Waals surface area contributed by atoms with Gasteiger partial charge >= 0.3 is 0 Å². The maximum atomic E-state index is 13.4. The molecule has 0 unspecified atom stereocenters. The van der Waals surface area contributed by atoms with Crippen LogP contribution in [0, 0.1) is 5.82 Å². The van der Waals surface area contributed by atoms with Gasteiger partial charge in [0.25, 0.3) is 5.91 Å². The van der Waals surface area contributed by atoms with Crippen molar-refractivity contribution in [3.8, 4) is 0 Å². The molecule has 26 heavy (non-hydrogen) atoms. The number of amides is 1. The van der Waals surface area contributed by atoms with Crippen LogP contribution in [0.25, 0.3) is 16.3 Å². The lowest BCUT2D eigenvalue weighted by Gasteiger charge is -2.20. The van der Waals surface area contributed by atoms with Crippen LogP contribution >= 0.6 is 35.1 Å². The fraction of sp³-hybridized carbons (Fsp3) is 0.222. The summed E-state index contributed by atoms with van der Waals surface area (Å²) >= 11 is 2.90. The van der Waals surface area contributed by atoms with Crippen molar-refractivity contribution in [3.05, 3.63) is 52.5 Å². The van der Waals surface area contributed by atoms with Crippen molar-refractivity contribution in [2.75, 3.05) is 32.1 Å². The van der Waals surface area contributed by atoms with Crippen molar-refractivity contribution < 1.29 is 9.18 Å². The van der Waals surface area contributed by atoms with Crippen LogP contribution in [0.4, 0.5) is 9.52 Å². The number of likely N-dealkylation sites (N-methyl/N-ethyl adjacent to an activating group) is 1. The number of aromatic nitrogens is 1. The second-order valence-electron chi connectivity index (χ2n) is 5.75. The molecule has 1 aromatic carbocycles. The molecule has 0 N–H and O–H groups in total. The van der Waals surface area contributed by atoms with Gasteiger partial charge in [0.2, 0.25) is 0 Å². The first-order valence-electron chi connectivity index (χ1n) is 7.77. The SMILES string of the molecule is CN(C)CCN(C(=O)C=Cc1cccs1)c1nc2ccc(F)cc2s1.Cl. The Morgan fingerprint density at radius 2 is 2.08 bits per heavy atom. The van der Waals surface area contributed by atoms with E-state index >= 15 is 0 Å². The third-order valence-corrected chi connectivity index (χ3v) is 5.42. The van der Waals surface area contributed by atoms with Gasteiger partial charge in [0.15, 0.2) is 5.13 Å². The summed E-state index contributed by atoms with van der Waals surface area (Å²) in [5.41, 5.74) is 0.700. The lowest BCUT2D eigenvalue weighted by atomic mass is 10.3. The molecule has 138 valence electrons. The van der Waals surface area contributed by atoms with Crippen LogP contribution in [-0.2, 0) is 4.79 Å². The Morgan fingerprint density at radius 1 is 1.27 bits per heavy atom. The van der Waals surface area contributed by atoms with Crippen molar-refractivity contribution in [1.82, 2.24) is 9.88 Å². The monoisotopic (exact) mass is 411 g/mol. The number of hydrogen-bond donors (Lipinski definition) is 0. The largest absolute Gasteiger partial charge is 0.308 e. The van der Waals surface area contributed by atoms with Gasteiger partial charge < -0.3 is 4.90 Å². The molecule has 0 saturated heterocycles. The quantitative estimate of drug-likeness (QED) is 0.559. The van der Waals surface area contributed by atoms with Crippen molar-refractivity contribution in [2.45, 2.75) is 0 Å². The molecule has 0 spiro atoms. The summed E-state index contributed by atoms with van der Waals surface area (Å²) in [5.74, 6) is -0.429. The fourth-order valence-electron chi connectivity index (χ4n) is 2.23. The smallest absolute Gasteiger partial charge is 0.252 e. The van der Waals surface area contributed by atoms with Crippen LogP contribution in [0.15, 0.2) is 41.8 Å². The van der Waals surface area contributed by atoms with Gasteiger partial charge in [0.05, 0.1) is 10.2 Å². The lowest BCUT2D eigenvalue weighted by molar-refractivity contribution is -0.114. The number of nitrogens with zero attached hydrogens (tertiary/aromatic N) is 3. The minimum atomic E-state index is -0.300. The van der Waals surface area contributed by atoms with Gasteiger partial charge in [-0.3, -0.25) is 9.69 Å². The highest BCUT2D eigenvalue weighted by molar-refractivity contribution is 7.22. The highest BCUT2D eigenvalue weighted by Crippen LogP contribution is 2.29. The number of benzene rings is 1. The topological polar surface area (TPSA) is 36.4 Å². The molecule has 0 atom stereocenters. The van der Waals surface area contributed by atoms with Gasteiger partial charge in [-0.1, -0.05) is 17.4 Å². The van der Waals surface area contributed by atoms with E-state index in [2.05, 4.69) is 4.98 Å². The number of carbonyl (C=O) groups is 1.